The molecule has 6 atom stereocenters. The highest BCUT2D eigenvalue weighted by molar-refractivity contribution is 6.58. The molecule has 0 aromatic heterocycles. The van der Waals surface area contributed by atoms with Gasteiger partial charge >= 0.3 is 0 Å². The summed E-state index contributed by atoms with van der Waals surface area (Å²) in [5, 5.41) is 10.1. The molecule has 0 unspecified atom stereocenters. The Morgan fingerprint density at radius 1 is 1.00 bits per heavy atom. The highest BCUT2D eigenvalue weighted by atomic mass is 35.5. The number of fused-ring (bicyclic) bond motifs is 4. The fourth-order valence-electron chi connectivity index (χ4n) is 7.00. The molecule has 2 aliphatic carbocycles. The average Bonchev–Trinajstić information content (AvgIpc) is 3.24. The minimum absolute atomic E-state index is 0.0923. The van der Waals surface area contributed by atoms with Crippen LogP contribution in [0.15, 0.2) is 54.1 Å². The lowest BCUT2D eigenvalue weighted by molar-refractivity contribution is -0.140. The molecule has 0 radical (unpaired) electrons. The van der Waals surface area contributed by atoms with Gasteiger partial charge in [0.1, 0.15) is 11.6 Å². The molecule has 40 heavy (non-hydrogen) atoms. The number of phenolic OH excluding ortho intramolecular Hbond substituents is 1. The maximum absolute atomic E-state index is 14.2. The fourth-order valence-corrected chi connectivity index (χ4v) is 8.21. The maximum Gasteiger partial charge on any atom is 0.258 e. The molecular weight excluding hydrogens is 582 g/mol. The third-order valence-corrected chi connectivity index (χ3v) is 10.5. The second kappa shape index (κ2) is 9.29. The summed E-state index contributed by atoms with van der Waals surface area (Å²) >= 11 is 21.1. The van der Waals surface area contributed by atoms with E-state index in [1.807, 2.05) is 13.0 Å². The van der Waals surface area contributed by atoms with Crippen LogP contribution in [0.4, 0.5) is 10.1 Å². The number of benzene rings is 2. The summed E-state index contributed by atoms with van der Waals surface area (Å²) in [6, 6.07) is 9.01. The third-order valence-electron chi connectivity index (χ3n) is 8.73. The molecule has 208 valence electrons. The van der Waals surface area contributed by atoms with Gasteiger partial charge in [0.05, 0.1) is 17.5 Å². The summed E-state index contributed by atoms with van der Waals surface area (Å²) in [6.45, 7) is 2.15. The summed E-state index contributed by atoms with van der Waals surface area (Å²) < 4.78 is 13.7. The van der Waals surface area contributed by atoms with Gasteiger partial charge in [-0.15, -0.1) is 23.2 Å². The number of alkyl halides is 2. The molecule has 1 N–H and O–H groups in total. The Labute approximate surface area is 244 Å². The normalized spacial score (nSPS) is 33.2. The van der Waals surface area contributed by atoms with Gasteiger partial charge in [-0.25, -0.2) is 9.29 Å². The van der Waals surface area contributed by atoms with E-state index in [4.69, 9.17) is 34.8 Å². The molecule has 11 heteroatoms. The molecule has 2 aliphatic heterocycles. The Hall–Kier alpha value is -2.94. The molecule has 2 aromatic rings. The molecule has 2 heterocycles. The maximum atomic E-state index is 14.2. The van der Waals surface area contributed by atoms with Crippen LogP contribution in [0.5, 0.6) is 5.75 Å². The fraction of sp³-hybridized carbons (Fsp3) is 0.379. The van der Waals surface area contributed by atoms with Gasteiger partial charge in [0.25, 0.3) is 11.8 Å². The van der Waals surface area contributed by atoms with E-state index in [9.17, 15) is 28.7 Å². The van der Waals surface area contributed by atoms with Crippen molar-refractivity contribution in [2.45, 2.75) is 41.9 Å². The zero-order chi connectivity index (χ0) is 28.7. The molecule has 4 aliphatic rings. The SMILES string of the molecule is CCCN1C(=O)[C@H]2[C@H](CC=C3[C@H]2C[C@@]2(Cl)C(=O)N(c4ccc(F)cc4)C(=O)[C@@]2(Cl)[C@H]3c2ccc(O)cc2Cl)C1=O. The lowest BCUT2D eigenvalue weighted by atomic mass is 9.56. The lowest BCUT2D eigenvalue weighted by Crippen LogP contribution is -2.60. The number of allylic oxidation sites excluding steroid dienone is 2. The average molecular weight is 606 g/mol. The number of aromatic hydroxyl groups is 1. The molecule has 7 nitrogen and oxygen atoms in total. The monoisotopic (exact) mass is 604 g/mol. The van der Waals surface area contributed by atoms with Gasteiger partial charge in [0, 0.05) is 17.5 Å². The van der Waals surface area contributed by atoms with Crippen LogP contribution in [-0.2, 0) is 19.2 Å². The molecular formula is C29H24Cl3FN2O5. The molecule has 0 bridgehead atoms. The van der Waals surface area contributed by atoms with Gasteiger partial charge in [-0.1, -0.05) is 36.2 Å². The van der Waals surface area contributed by atoms with Crippen molar-refractivity contribution in [3.8, 4) is 5.75 Å². The van der Waals surface area contributed by atoms with Crippen molar-refractivity contribution in [3.05, 3.63) is 70.5 Å². The van der Waals surface area contributed by atoms with Gasteiger partial charge in [-0.3, -0.25) is 24.1 Å². The number of carbonyl (C=O) groups is 4. The molecule has 2 saturated heterocycles. The van der Waals surface area contributed by atoms with Crippen molar-refractivity contribution >= 4 is 64.1 Å². The van der Waals surface area contributed by atoms with Crippen LogP contribution in [0.2, 0.25) is 5.02 Å². The van der Waals surface area contributed by atoms with E-state index < -0.39 is 51.1 Å². The zero-order valence-electron chi connectivity index (χ0n) is 21.2. The van der Waals surface area contributed by atoms with Crippen molar-refractivity contribution in [2.75, 3.05) is 11.4 Å². The number of hydrogen-bond donors (Lipinski definition) is 1. The largest absolute Gasteiger partial charge is 0.508 e. The predicted molar refractivity (Wildman–Crippen MR) is 147 cm³/mol. The molecule has 1 saturated carbocycles. The van der Waals surface area contributed by atoms with E-state index >= 15 is 0 Å². The van der Waals surface area contributed by atoms with E-state index in [1.54, 1.807) is 0 Å². The van der Waals surface area contributed by atoms with Crippen molar-refractivity contribution < 1.29 is 28.7 Å². The van der Waals surface area contributed by atoms with Crippen LogP contribution in [0.25, 0.3) is 0 Å². The van der Waals surface area contributed by atoms with Gasteiger partial charge in [-0.2, -0.15) is 0 Å². The molecule has 0 spiro atoms. The van der Waals surface area contributed by atoms with Crippen LogP contribution < -0.4 is 4.90 Å². The number of rotatable bonds is 4. The molecule has 2 aromatic carbocycles. The minimum Gasteiger partial charge on any atom is -0.508 e. The summed E-state index contributed by atoms with van der Waals surface area (Å²) in [7, 11) is 0. The number of imide groups is 2. The number of phenols is 1. The Balaban J connectivity index is 1.56. The molecule has 3 fully saturated rings. The summed E-state index contributed by atoms with van der Waals surface area (Å²) in [6.07, 6.45) is 2.49. The second-order valence-electron chi connectivity index (χ2n) is 10.8. The van der Waals surface area contributed by atoms with Crippen LogP contribution in [-0.4, -0.2) is 49.9 Å². The topological polar surface area (TPSA) is 95.0 Å². The standard InChI is InChI=1S/C29H24Cl3FN2O5/c1-2-11-34-24(37)19-10-9-17-20(22(19)25(34)38)13-28(31)26(39)35(15-5-3-14(33)4-6-15)27(40)29(28,32)23(17)18-8-7-16(36)12-21(18)30/h3-9,12,19-20,22-23,36H,2,10-11,13H2,1H3/t19-,20+,22-,23+,28+,29-/m0/s1. The first-order valence-corrected chi connectivity index (χ1v) is 14.1. The zero-order valence-corrected chi connectivity index (χ0v) is 23.5. The van der Waals surface area contributed by atoms with Gasteiger partial charge in [0.15, 0.2) is 9.75 Å². The number of nitrogens with zero attached hydrogens (tertiary/aromatic N) is 2. The minimum atomic E-state index is -2.08. The van der Waals surface area contributed by atoms with Crippen LogP contribution >= 0.6 is 34.8 Å². The quantitative estimate of drug-likeness (QED) is 0.295. The van der Waals surface area contributed by atoms with Crippen LogP contribution in [0, 0.1) is 23.6 Å². The van der Waals surface area contributed by atoms with E-state index in [-0.39, 0.29) is 47.7 Å². The van der Waals surface area contributed by atoms with Gasteiger partial charge < -0.3 is 5.11 Å². The number of halogens is 4. The highest BCUT2D eigenvalue weighted by Gasteiger charge is 2.76. The van der Waals surface area contributed by atoms with Gasteiger partial charge in [0.2, 0.25) is 11.8 Å². The molecule has 6 rings (SSSR count). The van der Waals surface area contributed by atoms with E-state index in [1.165, 1.54) is 35.2 Å². The lowest BCUT2D eigenvalue weighted by Gasteiger charge is -2.50. The first kappa shape index (κ1) is 27.2. The van der Waals surface area contributed by atoms with Crippen LogP contribution in [0.1, 0.15) is 37.7 Å². The van der Waals surface area contributed by atoms with E-state index in [0.717, 1.165) is 17.0 Å². The number of amides is 4. The third kappa shape index (κ3) is 3.48. The summed E-state index contributed by atoms with van der Waals surface area (Å²) in [4.78, 5) is 53.2. The van der Waals surface area contributed by atoms with Crippen molar-refractivity contribution in [1.82, 2.24) is 4.90 Å². The predicted octanol–water partition coefficient (Wildman–Crippen LogP) is 5.16. The first-order chi connectivity index (χ1) is 19.0. The number of anilines is 1. The first-order valence-electron chi connectivity index (χ1n) is 13.0. The number of carbonyl (C=O) groups excluding carboxylic acids is 4. The Morgan fingerprint density at radius 2 is 1.70 bits per heavy atom. The van der Waals surface area contributed by atoms with E-state index in [0.29, 0.717) is 17.6 Å². The molecule has 4 amide bonds. The Morgan fingerprint density at radius 3 is 2.35 bits per heavy atom. The van der Waals surface area contributed by atoms with E-state index in [2.05, 4.69) is 0 Å². The second-order valence-corrected chi connectivity index (χ2v) is 12.4. The Bertz CT molecular complexity index is 1510. The van der Waals surface area contributed by atoms with Crippen LogP contribution in [0.3, 0.4) is 0 Å². The Kier molecular flexibility index (Phi) is 6.33. The number of hydrogen-bond acceptors (Lipinski definition) is 5. The summed E-state index contributed by atoms with van der Waals surface area (Å²) in [5.41, 5.74) is 1.04. The van der Waals surface area contributed by atoms with Crippen molar-refractivity contribution in [2.24, 2.45) is 17.8 Å². The van der Waals surface area contributed by atoms with Crippen molar-refractivity contribution in [3.63, 3.8) is 0 Å². The smallest absolute Gasteiger partial charge is 0.258 e. The van der Waals surface area contributed by atoms with Crippen molar-refractivity contribution in [1.29, 1.82) is 0 Å². The van der Waals surface area contributed by atoms with Gasteiger partial charge in [-0.05, 0) is 67.1 Å². The number of likely N-dealkylation sites (tertiary alicyclic amines) is 1. The highest BCUT2D eigenvalue weighted by Crippen LogP contribution is 2.66. The summed E-state index contributed by atoms with van der Waals surface area (Å²) in [5.74, 6) is -6.03.